The molecule has 0 bridgehead atoms. The SMILES string of the molecule is COc1ccc(C2NC(=S)N(c3ccccc3)C(C)=C2c2nc(-c3cccs3)no2)cc1O. The van der Waals surface area contributed by atoms with Gasteiger partial charge in [-0.1, -0.05) is 35.5 Å². The van der Waals surface area contributed by atoms with Gasteiger partial charge in [-0.05, 0) is 60.4 Å². The second-order valence-corrected chi connectivity index (χ2v) is 8.72. The molecule has 2 aromatic carbocycles. The van der Waals surface area contributed by atoms with Crippen LogP contribution in [0.25, 0.3) is 16.3 Å². The number of anilines is 1. The van der Waals surface area contributed by atoms with E-state index in [2.05, 4.69) is 15.5 Å². The van der Waals surface area contributed by atoms with Gasteiger partial charge in [0.05, 0.1) is 23.6 Å². The topological polar surface area (TPSA) is 83.7 Å². The van der Waals surface area contributed by atoms with Gasteiger partial charge in [-0.25, -0.2) is 0 Å². The predicted octanol–water partition coefficient (Wildman–Crippen LogP) is 5.38. The zero-order chi connectivity index (χ0) is 22.9. The fourth-order valence-corrected chi connectivity index (χ4v) is 4.89. The van der Waals surface area contributed by atoms with E-state index in [1.807, 2.05) is 65.7 Å². The maximum absolute atomic E-state index is 10.4. The monoisotopic (exact) mass is 476 g/mol. The fraction of sp³-hybridized carbons (Fsp3) is 0.125. The first kappa shape index (κ1) is 21.2. The lowest BCUT2D eigenvalue weighted by Gasteiger charge is -2.37. The first-order valence-electron chi connectivity index (χ1n) is 10.2. The van der Waals surface area contributed by atoms with E-state index in [0.717, 1.165) is 27.4 Å². The highest BCUT2D eigenvalue weighted by Crippen LogP contribution is 2.41. The second kappa shape index (κ2) is 8.68. The van der Waals surface area contributed by atoms with Crippen LogP contribution >= 0.6 is 23.6 Å². The van der Waals surface area contributed by atoms with Gasteiger partial charge in [0.15, 0.2) is 16.6 Å². The Morgan fingerprint density at radius 1 is 1.15 bits per heavy atom. The third kappa shape index (κ3) is 3.85. The Morgan fingerprint density at radius 2 is 1.97 bits per heavy atom. The molecule has 1 atom stereocenters. The van der Waals surface area contributed by atoms with Gasteiger partial charge in [0.2, 0.25) is 5.82 Å². The number of phenols is 1. The predicted molar refractivity (Wildman–Crippen MR) is 132 cm³/mol. The molecule has 0 aliphatic carbocycles. The van der Waals surface area contributed by atoms with Crippen LogP contribution in [0.1, 0.15) is 24.4 Å². The van der Waals surface area contributed by atoms with Crippen molar-refractivity contribution in [3.63, 3.8) is 0 Å². The minimum Gasteiger partial charge on any atom is -0.504 e. The minimum atomic E-state index is -0.411. The van der Waals surface area contributed by atoms with Crippen molar-refractivity contribution < 1.29 is 14.4 Å². The third-order valence-corrected chi connectivity index (χ3v) is 6.60. The van der Waals surface area contributed by atoms with E-state index < -0.39 is 6.04 Å². The van der Waals surface area contributed by atoms with Crippen molar-refractivity contribution in [1.29, 1.82) is 0 Å². The van der Waals surface area contributed by atoms with Crippen LogP contribution in [0.2, 0.25) is 0 Å². The number of aromatic hydroxyl groups is 1. The molecular formula is C24H20N4O3S2. The molecular weight excluding hydrogens is 456 g/mol. The second-order valence-electron chi connectivity index (χ2n) is 7.38. The van der Waals surface area contributed by atoms with Crippen molar-refractivity contribution in [2.24, 2.45) is 0 Å². The Bertz CT molecular complexity index is 1330. The molecule has 0 radical (unpaired) electrons. The lowest BCUT2D eigenvalue weighted by atomic mass is 9.94. The van der Waals surface area contributed by atoms with E-state index in [-0.39, 0.29) is 5.75 Å². The van der Waals surface area contributed by atoms with Crippen molar-refractivity contribution in [3.05, 3.63) is 83.2 Å². The zero-order valence-electron chi connectivity index (χ0n) is 17.9. The molecule has 33 heavy (non-hydrogen) atoms. The molecule has 1 aliphatic heterocycles. The van der Waals surface area contributed by atoms with E-state index in [1.165, 1.54) is 7.11 Å². The maximum atomic E-state index is 10.4. The molecule has 166 valence electrons. The number of benzene rings is 2. The smallest absolute Gasteiger partial charge is 0.258 e. The summed E-state index contributed by atoms with van der Waals surface area (Å²) in [6.45, 7) is 1.97. The molecule has 4 aromatic rings. The number of hydrogen-bond donors (Lipinski definition) is 2. The number of aromatic nitrogens is 2. The molecule has 1 aliphatic rings. The maximum Gasteiger partial charge on any atom is 0.258 e. The fourth-order valence-electron chi connectivity index (χ4n) is 3.88. The van der Waals surface area contributed by atoms with E-state index in [0.29, 0.717) is 22.6 Å². The highest BCUT2D eigenvalue weighted by atomic mass is 32.1. The number of nitrogens with zero attached hydrogens (tertiary/aromatic N) is 3. The lowest BCUT2D eigenvalue weighted by molar-refractivity contribution is 0.372. The first-order chi connectivity index (χ1) is 16.1. The van der Waals surface area contributed by atoms with Gasteiger partial charge >= 0.3 is 0 Å². The number of methoxy groups -OCH3 is 1. The molecule has 7 nitrogen and oxygen atoms in total. The van der Waals surface area contributed by atoms with Crippen LogP contribution in [0.15, 0.2) is 76.3 Å². The molecule has 1 unspecified atom stereocenters. The Morgan fingerprint density at radius 3 is 2.67 bits per heavy atom. The molecule has 0 fully saturated rings. The molecule has 5 rings (SSSR count). The summed E-state index contributed by atoms with van der Waals surface area (Å²) in [4.78, 5) is 7.55. The van der Waals surface area contributed by atoms with Crippen molar-refractivity contribution in [1.82, 2.24) is 15.5 Å². The van der Waals surface area contributed by atoms with Crippen molar-refractivity contribution in [2.45, 2.75) is 13.0 Å². The summed E-state index contributed by atoms with van der Waals surface area (Å²) in [7, 11) is 1.51. The Hall–Kier alpha value is -3.69. The number of nitrogens with one attached hydrogen (secondary N) is 1. The van der Waals surface area contributed by atoms with Gasteiger partial charge in [-0.2, -0.15) is 4.98 Å². The molecule has 0 amide bonds. The van der Waals surface area contributed by atoms with E-state index in [1.54, 1.807) is 23.5 Å². The normalized spacial score (nSPS) is 16.1. The van der Waals surface area contributed by atoms with Crippen LogP contribution < -0.4 is 15.0 Å². The molecule has 0 saturated carbocycles. The average molecular weight is 477 g/mol. The molecule has 3 heterocycles. The highest BCUT2D eigenvalue weighted by molar-refractivity contribution is 7.80. The molecule has 9 heteroatoms. The Labute approximate surface area is 199 Å². The summed E-state index contributed by atoms with van der Waals surface area (Å²) in [5.41, 5.74) is 3.33. The van der Waals surface area contributed by atoms with Gasteiger partial charge in [0.25, 0.3) is 5.89 Å². The molecule has 0 spiro atoms. The summed E-state index contributed by atoms with van der Waals surface area (Å²) in [6, 6.07) is 18.6. The van der Waals surface area contributed by atoms with Crippen LogP contribution in [-0.4, -0.2) is 27.5 Å². The Balaban J connectivity index is 1.66. The minimum absolute atomic E-state index is 0.0371. The Kier molecular flexibility index (Phi) is 5.57. The van der Waals surface area contributed by atoms with Crippen LogP contribution in [0.5, 0.6) is 11.5 Å². The number of thiophene rings is 1. The van der Waals surface area contributed by atoms with E-state index in [4.69, 9.17) is 21.5 Å². The molecule has 2 aromatic heterocycles. The quantitative estimate of drug-likeness (QED) is 0.372. The molecule has 0 saturated heterocycles. The number of ether oxygens (including phenoxy) is 1. The van der Waals surface area contributed by atoms with Crippen molar-refractivity contribution >= 4 is 39.9 Å². The lowest BCUT2D eigenvalue weighted by Crippen LogP contribution is -2.46. The highest BCUT2D eigenvalue weighted by Gasteiger charge is 2.35. The largest absolute Gasteiger partial charge is 0.504 e. The van der Waals surface area contributed by atoms with Gasteiger partial charge in [-0.3, -0.25) is 4.90 Å². The number of phenolic OH excluding ortho intramolecular Hbond substituents is 1. The van der Waals surface area contributed by atoms with Crippen molar-refractivity contribution in [2.75, 3.05) is 12.0 Å². The number of allylic oxidation sites excluding steroid dienone is 1. The van der Waals surface area contributed by atoms with Gasteiger partial charge in [-0.15, -0.1) is 11.3 Å². The van der Waals surface area contributed by atoms with Gasteiger partial charge in [0, 0.05) is 11.4 Å². The summed E-state index contributed by atoms with van der Waals surface area (Å²) < 4.78 is 10.9. The van der Waals surface area contributed by atoms with E-state index >= 15 is 0 Å². The first-order valence-corrected chi connectivity index (χ1v) is 11.5. The number of thiocarbonyl (C=S) groups is 1. The van der Waals surface area contributed by atoms with Crippen LogP contribution in [0.4, 0.5) is 5.69 Å². The average Bonchev–Trinajstić information content (AvgIpc) is 3.52. The standard InChI is InChI=1S/C24H20N4O3S2/c1-14-20(23-26-22(27-31-23)19-9-6-12-33-19)21(15-10-11-18(30-2)17(29)13-15)25-24(32)28(14)16-7-4-3-5-8-16/h3-13,21,29H,1-2H3,(H,25,32). The van der Waals surface area contributed by atoms with Crippen LogP contribution in [0, 0.1) is 0 Å². The number of rotatable bonds is 5. The van der Waals surface area contributed by atoms with Gasteiger partial charge < -0.3 is 19.7 Å². The van der Waals surface area contributed by atoms with Crippen molar-refractivity contribution in [3.8, 4) is 22.2 Å². The number of hydrogen-bond acceptors (Lipinski definition) is 7. The third-order valence-electron chi connectivity index (χ3n) is 5.43. The van der Waals surface area contributed by atoms with Gasteiger partial charge in [0.1, 0.15) is 0 Å². The van der Waals surface area contributed by atoms with Crippen LogP contribution in [-0.2, 0) is 0 Å². The summed E-state index contributed by atoms with van der Waals surface area (Å²) in [6.07, 6.45) is 0. The summed E-state index contributed by atoms with van der Waals surface area (Å²) in [5.74, 6) is 1.33. The molecule has 2 N–H and O–H groups in total. The summed E-state index contributed by atoms with van der Waals surface area (Å²) in [5, 5.41) is 20.5. The van der Waals surface area contributed by atoms with Crippen LogP contribution in [0.3, 0.4) is 0 Å². The van der Waals surface area contributed by atoms with E-state index in [9.17, 15) is 5.11 Å². The summed E-state index contributed by atoms with van der Waals surface area (Å²) >= 11 is 7.29. The zero-order valence-corrected chi connectivity index (χ0v) is 19.5. The number of para-hydroxylation sites is 1.